The molecule has 0 saturated carbocycles. The topological polar surface area (TPSA) is 60.3 Å². The zero-order valence-electron chi connectivity index (χ0n) is 14.8. The molecule has 0 aliphatic carbocycles. The lowest BCUT2D eigenvalue weighted by molar-refractivity contribution is 0.133. The predicted molar refractivity (Wildman–Crippen MR) is 100 cm³/mol. The Balaban J connectivity index is 1.93. The van der Waals surface area contributed by atoms with E-state index in [2.05, 4.69) is 5.32 Å². The molecule has 4 rings (SSSR count). The number of benzene rings is 2. The lowest BCUT2D eigenvalue weighted by Crippen LogP contribution is -2.15. The van der Waals surface area contributed by atoms with Gasteiger partial charge in [0.1, 0.15) is 5.82 Å². The van der Waals surface area contributed by atoms with Gasteiger partial charge in [0.15, 0.2) is 0 Å². The van der Waals surface area contributed by atoms with Crippen LogP contribution in [0, 0.1) is 5.82 Å². The number of nitrogens with one attached hydrogen (secondary N) is 1. The van der Waals surface area contributed by atoms with E-state index in [1.165, 1.54) is 10.0 Å². The van der Waals surface area contributed by atoms with Crippen molar-refractivity contribution in [3.8, 4) is 11.3 Å². The summed E-state index contributed by atoms with van der Waals surface area (Å²) < 4.78 is 48.0. The molecule has 1 aromatic heterocycles. The average Bonchev–Trinajstić information content (AvgIpc) is 3.29. The number of fused-ring (bicyclic) bond motifs is 1. The molecule has 2 aromatic carbocycles. The molecular formula is C20H19FN2O3S. The maximum absolute atomic E-state index is 14.4. The first kappa shape index (κ1) is 17.9. The zero-order chi connectivity index (χ0) is 19.0. The minimum atomic E-state index is -3.92. The first-order valence-electron chi connectivity index (χ1n) is 8.57. The van der Waals surface area contributed by atoms with Gasteiger partial charge in [-0.25, -0.2) is 16.8 Å². The van der Waals surface area contributed by atoms with Crippen molar-refractivity contribution in [3.63, 3.8) is 0 Å². The Labute approximate surface area is 157 Å². The van der Waals surface area contributed by atoms with Gasteiger partial charge in [0.25, 0.3) is 10.0 Å². The number of halogens is 1. The van der Waals surface area contributed by atoms with E-state index in [9.17, 15) is 12.8 Å². The standard InChI is InChI=1S/C20H19FN2O3S/c1-22-10-14-9-19(16-6-2-3-7-18(16)21)23(11-14)27(24,25)20-8-4-5-15-12-26-13-17(15)20/h2-9,11,22H,10,12-13H2,1H3. The fraction of sp³-hybridized carbons (Fsp3) is 0.200. The molecule has 0 unspecified atom stereocenters. The van der Waals surface area contributed by atoms with Gasteiger partial charge in [-0.15, -0.1) is 0 Å². The molecule has 0 bridgehead atoms. The summed E-state index contributed by atoms with van der Waals surface area (Å²) in [5, 5.41) is 3.00. The summed E-state index contributed by atoms with van der Waals surface area (Å²) in [6, 6.07) is 13.0. The molecule has 7 heteroatoms. The van der Waals surface area contributed by atoms with Crippen LogP contribution in [0.5, 0.6) is 0 Å². The summed E-state index contributed by atoms with van der Waals surface area (Å²) in [4.78, 5) is 0.196. The largest absolute Gasteiger partial charge is 0.372 e. The van der Waals surface area contributed by atoms with Crippen molar-refractivity contribution < 1.29 is 17.5 Å². The Kier molecular flexibility index (Phi) is 4.59. The highest BCUT2D eigenvalue weighted by Crippen LogP contribution is 2.32. The van der Waals surface area contributed by atoms with Crippen LogP contribution in [0.25, 0.3) is 11.3 Å². The fourth-order valence-electron chi connectivity index (χ4n) is 3.38. The van der Waals surface area contributed by atoms with Gasteiger partial charge in [-0.05, 0) is 42.4 Å². The number of rotatable bonds is 5. The lowest BCUT2D eigenvalue weighted by Gasteiger charge is -2.13. The third-order valence-corrected chi connectivity index (χ3v) is 6.40. The Hall–Kier alpha value is -2.48. The zero-order valence-corrected chi connectivity index (χ0v) is 15.6. The summed E-state index contributed by atoms with van der Waals surface area (Å²) >= 11 is 0. The normalized spacial score (nSPS) is 13.7. The molecule has 5 nitrogen and oxygen atoms in total. The highest BCUT2D eigenvalue weighted by atomic mass is 32.2. The van der Waals surface area contributed by atoms with Gasteiger partial charge in [0, 0.05) is 23.9 Å². The third kappa shape index (κ3) is 3.07. The van der Waals surface area contributed by atoms with Crippen LogP contribution in [0.1, 0.15) is 16.7 Å². The van der Waals surface area contributed by atoms with E-state index in [1.54, 1.807) is 49.6 Å². The third-order valence-electron chi connectivity index (χ3n) is 4.64. The van der Waals surface area contributed by atoms with E-state index in [0.717, 1.165) is 11.1 Å². The van der Waals surface area contributed by atoms with Gasteiger partial charge in [0.05, 0.1) is 23.8 Å². The van der Waals surface area contributed by atoms with Crippen LogP contribution < -0.4 is 5.32 Å². The highest BCUT2D eigenvalue weighted by molar-refractivity contribution is 7.90. The van der Waals surface area contributed by atoms with Gasteiger partial charge in [-0.3, -0.25) is 0 Å². The van der Waals surface area contributed by atoms with Crippen molar-refractivity contribution in [3.05, 3.63) is 77.2 Å². The van der Waals surface area contributed by atoms with Crippen LogP contribution in [-0.2, 0) is 34.5 Å². The molecule has 2 heterocycles. The monoisotopic (exact) mass is 386 g/mol. The summed E-state index contributed by atoms with van der Waals surface area (Å²) in [6.07, 6.45) is 1.54. The van der Waals surface area contributed by atoms with Crippen LogP contribution >= 0.6 is 0 Å². The van der Waals surface area contributed by atoms with Crippen molar-refractivity contribution in [1.29, 1.82) is 0 Å². The average molecular weight is 386 g/mol. The molecule has 0 spiro atoms. The van der Waals surface area contributed by atoms with Crippen molar-refractivity contribution in [2.45, 2.75) is 24.7 Å². The van der Waals surface area contributed by atoms with Crippen LogP contribution in [0.2, 0.25) is 0 Å². The van der Waals surface area contributed by atoms with E-state index in [0.29, 0.717) is 24.4 Å². The van der Waals surface area contributed by atoms with E-state index >= 15 is 0 Å². The van der Waals surface area contributed by atoms with Gasteiger partial charge in [0.2, 0.25) is 0 Å². The second kappa shape index (κ2) is 6.92. The Morgan fingerprint density at radius 1 is 1.15 bits per heavy atom. The van der Waals surface area contributed by atoms with Crippen LogP contribution in [-0.4, -0.2) is 19.4 Å². The molecule has 27 heavy (non-hydrogen) atoms. The highest BCUT2D eigenvalue weighted by Gasteiger charge is 2.28. The number of ether oxygens (including phenoxy) is 1. The van der Waals surface area contributed by atoms with Crippen molar-refractivity contribution in [2.75, 3.05) is 7.05 Å². The molecular weight excluding hydrogens is 367 g/mol. The van der Waals surface area contributed by atoms with Crippen molar-refractivity contribution >= 4 is 10.0 Å². The molecule has 1 aliphatic heterocycles. The predicted octanol–water partition coefficient (Wildman–Crippen LogP) is 3.28. The Bertz CT molecular complexity index is 1110. The van der Waals surface area contributed by atoms with Gasteiger partial charge >= 0.3 is 0 Å². The molecule has 0 amide bonds. The Morgan fingerprint density at radius 2 is 1.96 bits per heavy atom. The molecule has 3 aromatic rings. The quantitative estimate of drug-likeness (QED) is 0.731. The lowest BCUT2D eigenvalue weighted by atomic mass is 10.1. The van der Waals surface area contributed by atoms with Crippen LogP contribution in [0.4, 0.5) is 4.39 Å². The van der Waals surface area contributed by atoms with Crippen molar-refractivity contribution in [2.24, 2.45) is 0 Å². The first-order valence-corrected chi connectivity index (χ1v) is 10.0. The van der Waals surface area contributed by atoms with Crippen LogP contribution in [0.15, 0.2) is 59.6 Å². The van der Waals surface area contributed by atoms with Gasteiger partial charge in [-0.2, -0.15) is 0 Å². The summed E-state index contributed by atoms with van der Waals surface area (Å²) in [5.41, 5.74) is 2.83. The molecule has 1 aliphatic rings. The van der Waals surface area contributed by atoms with E-state index < -0.39 is 15.8 Å². The minimum absolute atomic E-state index is 0.196. The molecule has 1 N–H and O–H groups in total. The minimum Gasteiger partial charge on any atom is -0.372 e. The second-order valence-electron chi connectivity index (χ2n) is 6.43. The van der Waals surface area contributed by atoms with Gasteiger partial charge < -0.3 is 10.1 Å². The summed E-state index contributed by atoms with van der Waals surface area (Å²) in [5.74, 6) is -0.468. The summed E-state index contributed by atoms with van der Waals surface area (Å²) in [7, 11) is -2.14. The SMILES string of the molecule is CNCc1cc(-c2ccccc2F)n(S(=O)(=O)c2cccc3c2COC3)c1. The van der Waals surface area contributed by atoms with E-state index in [4.69, 9.17) is 4.74 Å². The fourth-order valence-corrected chi connectivity index (χ4v) is 5.03. The number of hydrogen-bond acceptors (Lipinski definition) is 4. The second-order valence-corrected chi connectivity index (χ2v) is 8.21. The molecule has 140 valence electrons. The Morgan fingerprint density at radius 3 is 2.74 bits per heavy atom. The molecule has 0 radical (unpaired) electrons. The molecule has 0 atom stereocenters. The first-order chi connectivity index (χ1) is 13.0. The number of nitrogens with zero attached hydrogens (tertiary/aromatic N) is 1. The molecule has 0 fully saturated rings. The van der Waals surface area contributed by atoms with Crippen molar-refractivity contribution in [1.82, 2.24) is 9.29 Å². The smallest absolute Gasteiger partial charge is 0.268 e. The van der Waals surface area contributed by atoms with E-state index in [-0.39, 0.29) is 17.1 Å². The maximum atomic E-state index is 14.4. The number of aromatic nitrogens is 1. The summed E-state index contributed by atoms with van der Waals surface area (Å²) in [6.45, 7) is 1.12. The van der Waals surface area contributed by atoms with Gasteiger partial charge in [-0.1, -0.05) is 24.3 Å². The van der Waals surface area contributed by atoms with Crippen LogP contribution in [0.3, 0.4) is 0 Å². The molecule has 0 saturated heterocycles. The van der Waals surface area contributed by atoms with E-state index in [1.807, 2.05) is 6.07 Å². The number of hydrogen-bond donors (Lipinski definition) is 1. The maximum Gasteiger partial charge on any atom is 0.268 e.